The monoisotopic (exact) mass is 357 g/mol. The molecule has 0 saturated carbocycles. The maximum Gasteiger partial charge on any atom is 0.342 e. The number of benzene rings is 1. The van der Waals surface area contributed by atoms with Crippen LogP contribution in [0.4, 0.5) is 0 Å². The summed E-state index contributed by atoms with van der Waals surface area (Å²) in [4.78, 5) is 16.5. The van der Waals surface area contributed by atoms with E-state index in [1.807, 2.05) is 30.3 Å². The van der Waals surface area contributed by atoms with Crippen LogP contribution in [0.25, 0.3) is 11.5 Å². The lowest BCUT2D eigenvalue weighted by molar-refractivity contribution is 0.0279. The van der Waals surface area contributed by atoms with Gasteiger partial charge in [0.1, 0.15) is 5.15 Å². The second-order valence-corrected chi connectivity index (χ2v) is 5.96. The summed E-state index contributed by atoms with van der Waals surface area (Å²) < 4.78 is 11.0. The van der Waals surface area contributed by atoms with Crippen LogP contribution in [0.3, 0.4) is 0 Å². The summed E-state index contributed by atoms with van der Waals surface area (Å²) in [7, 11) is 0. The molecule has 0 fully saturated rings. The molecule has 0 radical (unpaired) electrons. The lowest BCUT2D eigenvalue weighted by atomic mass is 10.1. The highest BCUT2D eigenvalue weighted by molar-refractivity contribution is 6.32. The van der Waals surface area contributed by atoms with Gasteiger partial charge in [0.2, 0.25) is 5.89 Å². The van der Waals surface area contributed by atoms with E-state index in [0.29, 0.717) is 11.5 Å². The smallest absolute Gasteiger partial charge is 0.342 e. The van der Waals surface area contributed by atoms with E-state index in [1.54, 1.807) is 26.8 Å². The molecule has 2 aromatic heterocycles. The van der Waals surface area contributed by atoms with E-state index < -0.39 is 12.1 Å². The fourth-order valence-electron chi connectivity index (χ4n) is 2.40. The minimum Gasteiger partial charge on any atom is -0.449 e. The highest BCUT2D eigenvalue weighted by Crippen LogP contribution is 2.25. The SMILES string of the molecule is Cc1cc(C)c(C(=O)O[C@@H](C)c2nnc(-c3ccccc3)o2)c(Cl)n1. The summed E-state index contributed by atoms with van der Waals surface area (Å²) in [5, 5.41) is 8.06. The zero-order valence-electron chi connectivity index (χ0n) is 14.0. The Hall–Kier alpha value is -2.73. The molecule has 0 saturated heterocycles. The van der Waals surface area contributed by atoms with E-state index in [9.17, 15) is 4.79 Å². The first kappa shape index (κ1) is 17.1. The quantitative estimate of drug-likeness (QED) is 0.511. The van der Waals surface area contributed by atoms with E-state index >= 15 is 0 Å². The van der Waals surface area contributed by atoms with Crippen LogP contribution in [0.15, 0.2) is 40.8 Å². The van der Waals surface area contributed by atoms with E-state index in [2.05, 4.69) is 15.2 Å². The molecule has 0 aliphatic carbocycles. The highest BCUT2D eigenvalue weighted by Gasteiger charge is 2.23. The van der Waals surface area contributed by atoms with Gasteiger partial charge in [0.15, 0.2) is 6.10 Å². The molecular weight excluding hydrogens is 342 g/mol. The maximum atomic E-state index is 12.4. The summed E-state index contributed by atoms with van der Waals surface area (Å²) in [6.07, 6.45) is -0.714. The predicted octanol–water partition coefficient (Wildman–Crippen LogP) is 4.32. The number of aryl methyl sites for hydroxylation is 2. The van der Waals surface area contributed by atoms with E-state index in [4.69, 9.17) is 20.8 Å². The molecule has 3 aromatic rings. The van der Waals surface area contributed by atoms with E-state index in [-0.39, 0.29) is 16.6 Å². The van der Waals surface area contributed by atoms with Gasteiger partial charge in [-0.25, -0.2) is 9.78 Å². The number of nitrogens with zero attached hydrogens (tertiary/aromatic N) is 3. The first-order valence-corrected chi connectivity index (χ1v) is 8.07. The van der Waals surface area contributed by atoms with Crippen molar-refractivity contribution in [3.63, 3.8) is 0 Å². The van der Waals surface area contributed by atoms with Crippen LogP contribution >= 0.6 is 11.6 Å². The molecule has 1 aromatic carbocycles. The van der Waals surface area contributed by atoms with Crippen LogP contribution in [0.5, 0.6) is 0 Å². The first-order valence-electron chi connectivity index (χ1n) is 7.69. The van der Waals surface area contributed by atoms with E-state index in [1.165, 1.54) is 0 Å². The van der Waals surface area contributed by atoms with Crippen molar-refractivity contribution in [2.45, 2.75) is 26.9 Å². The zero-order valence-corrected chi connectivity index (χ0v) is 14.7. The number of carbonyl (C=O) groups is 1. The van der Waals surface area contributed by atoms with Crippen molar-refractivity contribution in [1.82, 2.24) is 15.2 Å². The predicted molar refractivity (Wildman–Crippen MR) is 92.3 cm³/mol. The van der Waals surface area contributed by atoms with Gasteiger partial charge in [-0.05, 0) is 44.5 Å². The van der Waals surface area contributed by atoms with Gasteiger partial charge in [-0.15, -0.1) is 10.2 Å². The number of carbonyl (C=O) groups excluding carboxylic acids is 1. The molecule has 0 aliphatic rings. The second kappa shape index (κ2) is 7.03. The Bertz CT molecular complexity index is 886. The van der Waals surface area contributed by atoms with Crippen molar-refractivity contribution in [1.29, 1.82) is 0 Å². The fourth-order valence-corrected chi connectivity index (χ4v) is 2.76. The number of pyridine rings is 1. The fraction of sp³-hybridized carbons (Fsp3) is 0.222. The molecule has 6 nitrogen and oxygen atoms in total. The lowest BCUT2D eigenvalue weighted by Gasteiger charge is -2.12. The Morgan fingerprint density at radius 2 is 1.92 bits per heavy atom. The van der Waals surface area contributed by atoms with Crippen molar-refractivity contribution >= 4 is 17.6 Å². The van der Waals surface area contributed by atoms with Gasteiger partial charge in [0.25, 0.3) is 5.89 Å². The summed E-state index contributed by atoms with van der Waals surface area (Å²) in [6, 6.07) is 11.1. The van der Waals surface area contributed by atoms with Gasteiger partial charge >= 0.3 is 5.97 Å². The van der Waals surface area contributed by atoms with Crippen molar-refractivity contribution in [3.05, 3.63) is 64.3 Å². The van der Waals surface area contributed by atoms with E-state index in [0.717, 1.165) is 11.3 Å². The largest absolute Gasteiger partial charge is 0.449 e. The summed E-state index contributed by atoms with van der Waals surface area (Å²) in [5.41, 5.74) is 2.46. The summed E-state index contributed by atoms with van der Waals surface area (Å²) in [6.45, 7) is 5.24. The minimum atomic E-state index is -0.714. The van der Waals surface area contributed by atoms with Gasteiger partial charge in [0.05, 0.1) is 5.56 Å². The van der Waals surface area contributed by atoms with Gasteiger partial charge in [-0.2, -0.15) is 0 Å². The molecule has 0 N–H and O–H groups in total. The number of hydrogen-bond donors (Lipinski definition) is 0. The molecule has 128 valence electrons. The number of hydrogen-bond acceptors (Lipinski definition) is 6. The molecule has 0 spiro atoms. The third-order valence-electron chi connectivity index (χ3n) is 3.60. The van der Waals surface area contributed by atoms with Gasteiger partial charge in [-0.3, -0.25) is 0 Å². The first-order chi connectivity index (χ1) is 12.0. The molecule has 0 bridgehead atoms. The topological polar surface area (TPSA) is 78.1 Å². The highest BCUT2D eigenvalue weighted by atomic mass is 35.5. The second-order valence-electron chi connectivity index (χ2n) is 5.61. The molecule has 0 unspecified atom stereocenters. The Morgan fingerprint density at radius 3 is 2.60 bits per heavy atom. The Balaban J connectivity index is 1.78. The molecule has 1 atom stereocenters. The van der Waals surface area contributed by atoms with Crippen molar-refractivity contribution in [2.24, 2.45) is 0 Å². The maximum absolute atomic E-state index is 12.4. The third kappa shape index (κ3) is 3.69. The zero-order chi connectivity index (χ0) is 18.0. The van der Waals surface area contributed by atoms with Crippen molar-refractivity contribution < 1.29 is 13.9 Å². The standard InChI is InChI=1S/C18H16ClN3O3/c1-10-9-11(2)20-15(19)14(10)18(23)24-12(3)16-21-22-17(25-16)13-7-5-4-6-8-13/h4-9,12H,1-3H3/t12-/m0/s1. The summed E-state index contributed by atoms with van der Waals surface area (Å²) in [5.74, 6) is -0.00674. The number of ether oxygens (including phenoxy) is 1. The van der Waals surface area contributed by atoms with Gasteiger partial charge in [0, 0.05) is 11.3 Å². The minimum absolute atomic E-state index is 0.116. The Kier molecular flexibility index (Phi) is 4.81. The average Bonchev–Trinajstić information content (AvgIpc) is 3.04. The normalized spacial score (nSPS) is 12.0. The Labute approximate surface area is 149 Å². The van der Waals surface area contributed by atoms with Crippen LogP contribution < -0.4 is 0 Å². The Morgan fingerprint density at radius 1 is 1.20 bits per heavy atom. The molecule has 2 heterocycles. The number of aromatic nitrogens is 3. The molecular formula is C18H16ClN3O3. The molecule has 0 amide bonds. The van der Waals surface area contributed by atoms with Crippen LogP contribution in [0.2, 0.25) is 5.15 Å². The number of rotatable bonds is 4. The van der Waals surface area contributed by atoms with Gasteiger partial charge in [-0.1, -0.05) is 29.8 Å². The average molecular weight is 358 g/mol. The van der Waals surface area contributed by atoms with Gasteiger partial charge < -0.3 is 9.15 Å². The van der Waals surface area contributed by atoms with Crippen LogP contribution in [0, 0.1) is 13.8 Å². The number of halogens is 1. The molecule has 3 rings (SSSR count). The lowest BCUT2D eigenvalue weighted by Crippen LogP contribution is -2.12. The van der Waals surface area contributed by atoms with Crippen LogP contribution in [-0.2, 0) is 4.74 Å². The molecule has 0 aliphatic heterocycles. The third-order valence-corrected chi connectivity index (χ3v) is 3.87. The molecule has 25 heavy (non-hydrogen) atoms. The van der Waals surface area contributed by atoms with Crippen molar-refractivity contribution in [3.8, 4) is 11.5 Å². The van der Waals surface area contributed by atoms with Crippen molar-refractivity contribution in [2.75, 3.05) is 0 Å². The molecule has 7 heteroatoms. The van der Waals surface area contributed by atoms with Crippen LogP contribution in [-0.4, -0.2) is 21.2 Å². The summed E-state index contributed by atoms with van der Waals surface area (Å²) >= 11 is 6.08. The number of esters is 1. The van der Waals surface area contributed by atoms with Crippen LogP contribution in [0.1, 0.15) is 40.5 Å².